The number of nitrogens with one attached hydrogen (secondary N) is 1. The summed E-state index contributed by atoms with van der Waals surface area (Å²) in [6.45, 7) is 0.518. The van der Waals surface area contributed by atoms with Gasteiger partial charge in [0.25, 0.3) is 0 Å². The van der Waals surface area contributed by atoms with Crippen LogP contribution in [-0.4, -0.2) is 12.5 Å². The zero-order valence-electron chi connectivity index (χ0n) is 10.7. The molecule has 4 heteroatoms. The first-order chi connectivity index (χ1) is 9.31. The predicted octanol–water partition coefficient (Wildman–Crippen LogP) is 2.22. The first-order valence-electron chi connectivity index (χ1n) is 6.39. The number of carbonyl (C=O) groups excluding carboxylic acids is 1. The third kappa shape index (κ3) is 3.69. The van der Waals surface area contributed by atoms with E-state index in [0.717, 1.165) is 11.3 Å². The molecule has 1 unspecified atom stereocenters. The molecule has 1 aromatic heterocycles. The van der Waals surface area contributed by atoms with Gasteiger partial charge in [-0.05, 0) is 30.7 Å². The summed E-state index contributed by atoms with van der Waals surface area (Å²) in [4.78, 5) is 11.9. The maximum Gasteiger partial charge on any atom is 0.220 e. The fraction of sp³-hybridized carbons (Fsp3) is 0.267. The van der Waals surface area contributed by atoms with Crippen molar-refractivity contribution in [2.75, 3.05) is 6.54 Å². The van der Waals surface area contributed by atoms with Crippen LogP contribution in [0.1, 0.15) is 30.2 Å². The van der Waals surface area contributed by atoms with E-state index in [0.29, 0.717) is 19.4 Å². The Morgan fingerprint density at radius 3 is 2.63 bits per heavy atom. The van der Waals surface area contributed by atoms with E-state index in [1.807, 2.05) is 42.5 Å². The first kappa shape index (κ1) is 13.4. The summed E-state index contributed by atoms with van der Waals surface area (Å²) in [5.41, 5.74) is 6.41. The Kier molecular flexibility index (Phi) is 4.75. The normalized spacial score (nSPS) is 12.1. The van der Waals surface area contributed by atoms with Crippen molar-refractivity contribution >= 4 is 5.91 Å². The van der Waals surface area contributed by atoms with Crippen LogP contribution >= 0.6 is 0 Å². The molecule has 1 aromatic carbocycles. The summed E-state index contributed by atoms with van der Waals surface area (Å²) < 4.78 is 5.42. The third-order valence-corrected chi connectivity index (χ3v) is 2.87. The molecule has 1 atom stereocenters. The highest BCUT2D eigenvalue weighted by Crippen LogP contribution is 2.22. The molecule has 2 aromatic rings. The molecular weight excluding hydrogens is 240 g/mol. The molecule has 0 aliphatic heterocycles. The molecule has 0 spiro atoms. The molecule has 1 amide bonds. The number of hydrogen-bond acceptors (Lipinski definition) is 3. The van der Waals surface area contributed by atoms with Crippen LogP contribution in [0.25, 0.3) is 0 Å². The lowest BCUT2D eigenvalue weighted by Crippen LogP contribution is -2.29. The molecular formula is C15H18N2O2. The number of furan rings is 1. The van der Waals surface area contributed by atoms with E-state index >= 15 is 0 Å². The van der Waals surface area contributed by atoms with Crippen LogP contribution in [0.4, 0.5) is 0 Å². The zero-order chi connectivity index (χ0) is 13.5. The quantitative estimate of drug-likeness (QED) is 0.834. The summed E-state index contributed by atoms with van der Waals surface area (Å²) in [6.07, 6.45) is 2.73. The van der Waals surface area contributed by atoms with Gasteiger partial charge < -0.3 is 15.5 Å². The van der Waals surface area contributed by atoms with Gasteiger partial charge in [0.15, 0.2) is 0 Å². The molecule has 0 saturated heterocycles. The zero-order valence-corrected chi connectivity index (χ0v) is 10.7. The largest absolute Gasteiger partial charge is 0.467 e. The third-order valence-electron chi connectivity index (χ3n) is 2.87. The molecule has 0 saturated carbocycles. The SMILES string of the molecule is NCCCC(=O)NC(c1ccccc1)c1ccco1. The smallest absolute Gasteiger partial charge is 0.220 e. The average molecular weight is 258 g/mol. The highest BCUT2D eigenvalue weighted by atomic mass is 16.3. The second-order valence-electron chi connectivity index (χ2n) is 4.32. The number of benzene rings is 1. The van der Waals surface area contributed by atoms with E-state index in [9.17, 15) is 4.79 Å². The van der Waals surface area contributed by atoms with E-state index in [2.05, 4.69) is 5.32 Å². The molecule has 100 valence electrons. The maximum atomic E-state index is 11.9. The van der Waals surface area contributed by atoms with Crippen LogP contribution in [0.15, 0.2) is 53.1 Å². The number of carbonyl (C=O) groups is 1. The molecule has 2 rings (SSSR count). The average Bonchev–Trinajstić information content (AvgIpc) is 2.97. The lowest BCUT2D eigenvalue weighted by molar-refractivity contribution is -0.121. The van der Waals surface area contributed by atoms with Gasteiger partial charge in [0, 0.05) is 6.42 Å². The Morgan fingerprint density at radius 2 is 2.00 bits per heavy atom. The Bertz CT molecular complexity index is 494. The Morgan fingerprint density at radius 1 is 1.21 bits per heavy atom. The standard InChI is InChI=1S/C15H18N2O2/c16-10-4-9-14(18)17-15(13-8-5-11-19-13)12-6-2-1-3-7-12/h1-3,5-8,11,15H,4,9-10,16H2,(H,17,18). The summed E-state index contributed by atoms with van der Waals surface area (Å²) in [5.74, 6) is 0.711. The highest BCUT2D eigenvalue weighted by molar-refractivity contribution is 5.76. The Labute approximate surface area is 112 Å². The van der Waals surface area contributed by atoms with Gasteiger partial charge in [-0.3, -0.25) is 4.79 Å². The van der Waals surface area contributed by atoms with Crippen LogP contribution in [0.2, 0.25) is 0 Å². The molecule has 4 nitrogen and oxygen atoms in total. The summed E-state index contributed by atoms with van der Waals surface area (Å²) in [5, 5.41) is 2.98. The summed E-state index contributed by atoms with van der Waals surface area (Å²) in [7, 11) is 0. The lowest BCUT2D eigenvalue weighted by Gasteiger charge is -2.17. The lowest BCUT2D eigenvalue weighted by atomic mass is 10.0. The minimum Gasteiger partial charge on any atom is -0.467 e. The van der Waals surface area contributed by atoms with E-state index in [4.69, 9.17) is 10.2 Å². The molecule has 1 heterocycles. The first-order valence-corrected chi connectivity index (χ1v) is 6.39. The molecule has 0 radical (unpaired) electrons. The van der Waals surface area contributed by atoms with Crippen molar-refractivity contribution in [3.05, 3.63) is 60.1 Å². The molecule has 0 aliphatic carbocycles. The monoisotopic (exact) mass is 258 g/mol. The van der Waals surface area contributed by atoms with Crippen molar-refractivity contribution in [3.8, 4) is 0 Å². The Hall–Kier alpha value is -2.07. The van der Waals surface area contributed by atoms with Gasteiger partial charge in [0.2, 0.25) is 5.91 Å². The molecule has 0 bridgehead atoms. The minimum absolute atomic E-state index is 0.0179. The maximum absolute atomic E-state index is 11.9. The molecule has 0 fully saturated rings. The summed E-state index contributed by atoms with van der Waals surface area (Å²) in [6, 6.07) is 13.2. The van der Waals surface area contributed by atoms with Gasteiger partial charge in [-0.1, -0.05) is 30.3 Å². The van der Waals surface area contributed by atoms with Crippen molar-refractivity contribution < 1.29 is 9.21 Å². The van der Waals surface area contributed by atoms with E-state index in [-0.39, 0.29) is 11.9 Å². The molecule has 0 aliphatic rings. The molecule has 3 N–H and O–H groups in total. The van der Waals surface area contributed by atoms with Crippen LogP contribution in [-0.2, 0) is 4.79 Å². The van der Waals surface area contributed by atoms with Crippen molar-refractivity contribution in [2.24, 2.45) is 5.73 Å². The van der Waals surface area contributed by atoms with Crippen molar-refractivity contribution in [1.82, 2.24) is 5.32 Å². The van der Waals surface area contributed by atoms with Crippen LogP contribution in [0, 0.1) is 0 Å². The van der Waals surface area contributed by atoms with Crippen LogP contribution in [0.5, 0.6) is 0 Å². The van der Waals surface area contributed by atoms with Gasteiger partial charge in [-0.25, -0.2) is 0 Å². The fourth-order valence-corrected chi connectivity index (χ4v) is 1.92. The topological polar surface area (TPSA) is 68.3 Å². The molecule has 19 heavy (non-hydrogen) atoms. The second-order valence-corrected chi connectivity index (χ2v) is 4.32. The van der Waals surface area contributed by atoms with Crippen LogP contribution < -0.4 is 11.1 Å². The highest BCUT2D eigenvalue weighted by Gasteiger charge is 2.18. The van der Waals surface area contributed by atoms with Gasteiger partial charge in [0.05, 0.1) is 6.26 Å². The number of hydrogen-bond donors (Lipinski definition) is 2. The van der Waals surface area contributed by atoms with Gasteiger partial charge >= 0.3 is 0 Å². The van der Waals surface area contributed by atoms with Gasteiger partial charge in [0.1, 0.15) is 11.8 Å². The van der Waals surface area contributed by atoms with Crippen LogP contribution in [0.3, 0.4) is 0 Å². The second kappa shape index (κ2) is 6.75. The predicted molar refractivity (Wildman–Crippen MR) is 73.4 cm³/mol. The number of nitrogens with two attached hydrogens (primary N) is 1. The van der Waals surface area contributed by atoms with Crippen molar-refractivity contribution in [3.63, 3.8) is 0 Å². The van der Waals surface area contributed by atoms with E-state index in [1.54, 1.807) is 6.26 Å². The summed E-state index contributed by atoms with van der Waals surface area (Å²) >= 11 is 0. The van der Waals surface area contributed by atoms with E-state index in [1.165, 1.54) is 0 Å². The van der Waals surface area contributed by atoms with Crippen molar-refractivity contribution in [1.29, 1.82) is 0 Å². The van der Waals surface area contributed by atoms with Crippen molar-refractivity contribution in [2.45, 2.75) is 18.9 Å². The number of amides is 1. The Balaban J connectivity index is 2.14. The number of rotatable bonds is 6. The fourth-order valence-electron chi connectivity index (χ4n) is 1.92. The van der Waals surface area contributed by atoms with Gasteiger partial charge in [-0.2, -0.15) is 0 Å². The van der Waals surface area contributed by atoms with Gasteiger partial charge in [-0.15, -0.1) is 0 Å². The minimum atomic E-state index is -0.249. The van der Waals surface area contributed by atoms with E-state index < -0.39 is 0 Å².